The number of nitrogens with zero attached hydrogens (tertiary/aromatic N) is 2. The van der Waals surface area contributed by atoms with Gasteiger partial charge in [-0.1, -0.05) is 18.2 Å². The minimum Gasteiger partial charge on any atom is -0.354 e. The quantitative estimate of drug-likeness (QED) is 0.792. The van der Waals surface area contributed by atoms with Gasteiger partial charge >= 0.3 is 6.03 Å². The van der Waals surface area contributed by atoms with Crippen LogP contribution in [-0.2, 0) is 11.3 Å². The lowest BCUT2D eigenvalue weighted by atomic mass is 10.1. The van der Waals surface area contributed by atoms with Gasteiger partial charge in [-0.05, 0) is 31.4 Å². The molecule has 0 spiro atoms. The molecule has 3 N–H and O–H groups in total. The summed E-state index contributed by atoms with van der Waals surface area (Å²) < 4.78 is 1.76. The fraction of sp³-hybridized carbons (Fsp3) is 0.353. The molecule has 0 aliphatic carbocycles. The molecule has 0 bridgehead atoms. The van der Waals surface area contributed by atoms with Crippen molar-refractivity contribution in [2.45, 2.75) is 31.8 Å². The summed E-state index contributed by atoms with van der Waals surface area (Å²) in [5, 5.41) is 12.6. The fourth-order valence-electron chi connectivity index (χ4n) is 2.64. The number of amides is 3. The number of rotatable bonds is 4. The Bertz CT molecular complexity index is 698. The van der Waals surface area contributed by atoms with E-state index in [0.29, 0.717) is 19.5 Å². The molecule has 1 aromatic carbocycles. The molecule has 1 fully saturated rings. The van der Waals surface area contributed by atoms with E-state index in [1.54, 1.807) is 10.9 Å². The Morgan fingerprint density at radius 3 is 2.96 bits per heavy atom. The predicted molar refractivity (Wildman–Crippen MR) is 89.6 cm³/mol. The van der Waals surface area contributed by atoms with Crippen molar-refractivity contribution < 1.29 is 9.59 Å². The number of nitrogens with one attached hydrogen (secondary N) is 3. The van der Waals surface area contributed by atoms with Crippen LogP contribution in [0.5, 0.6) is 0 Å². The molecule has 2 aromatic rings. The molecule has 1 aromatic heterocycles. The summed E-state index contributed by atoms with van der Waals surface area (Å²) in [6.07, 6.45) is 6.13. The van der Waals surface area contributed by atoms with E-state index in [2.05, 4.69) is 21.0 Å². The number of benzene rings is 1. The zero-order valence-electron chi connectivity index (χ0n) is 13.4. The van der Waals surface area contributed by atoms with E-state index in [4.69, 9.17) is 0 Å². The molecule has 126 valence electrons. The fourth-order valence-corrected chi connectivity index (χ4v) is 2.64. The number of hydrogen-bond acceptors (Lipinski definition) is 3. The smallest absolute Gasteiger partial charge is 0.315 e. The number of carbonyl (C=O) groups excluding carboxylic acids is 2. The summed E-state index contributed by atoms with van der Waals surface area (Å²) in [7, 11) is 0. The molecule has 7 nitrogen and oxygen atoms in total. The van der Waals surface area contributed by atoms with Crippen molar-refractivity contribution in [2.75, 3.05) is 6.54 Å². The second-order valence-corrected chi connectivity index (χ2v) is 5.80. The molecule has 0 unspecified atom stereocenters. The zero-order chi connectivity index (χ0) is 16.8. The maximum atomic E-state index is 12.0. The van der Waals surface area contributed by atoms with Crippen LogP contribution < -0.4 is 16.0 Å². The van der Waals surface area contributed by atoms with Gasteiger partial charge in [-0.3, -0.25) is 4.79 Å². The summed E-state index contributed by atoms with van der Waals surface area (Å²) in [5.41, 5.74) is 1.85. The monoisotopic (exact) mass is 327 g/mol. The molecule has 24 heavy (non-hydrogen) atoms. The van der Waals surface area contributed by atoms with E-state index >= 15 is 0 Å². The van der Waals surface area contributed by atoms with Gasteiger partial charge in [0.2, 0.25) is 5.91 Å². The van der Waals surface area contributed by atoms with Crippen LogP contribution in [0.3, 0.4) is 0 Å². The van der Waals surface area contributed by atoms with E-state index in [-0.39, 0.29) is 11.9 Å². The number of aromatic nitrogens is 2. The van der Waals surface area contributed by atoms with Gasteiger partial charge in [-0.25, -0.2) is 9.48 Å². The third kappa shape index (κ3) is 4.13. The molecular weight excluding hydrogens is 306 g/mol. The Kier molecular flexibility index (Phi) is 5.10. The van der Waals surface area contributed by atoms with Crippen molar-refractivity contribution >= 4 is 11.9 Å². The normalized spacial score (nSPS) is 17.7. The van der Waals surface area contributed by atoms with Crippen molar-refractivity contribution in [3.05, 3.63) is 48.3 Å². The first kappa shape index (κ1) is 16.0. The summed E-state index contributed by atoms with van der Waals surface area (Å²) in [4.78, 5) is 23.8. The highest BCUT2D eigenvalue weighted by Gasteiger charge is 2.22. The number of urea groups is 1. The second kappa shape index (κ2) is 7.63. The topological polar surface area (TPSA) is 88.1 Å². The zero-order valence-corrected chi connectivity index (χ0v) is 13.4. The maximum Gasteiger partial charge on any atom is 0.315 e. The van der Waals surface area contributed by atoms with Crippen LogP contribution in [0.15, 0.2) is 42.7 Å². The van der Waals surface area contributed by atoms with Crippen LogP contribution in [0.4, 0.5) is 4.79 Å². The van der Waals surface area contributed by atoms with Crippen LogP contribution in [-0.4, -0.2) is 34.3 Å². The largest absolute Gasteiger partial charge is 0.354 e. The number of carbonyl (C=O) groups is 2. The van der Waals surface area contributed by atoms with Gasteiger partial charge in [0.25, 0.3) is 0 Å². The van der Waals surface area contributed by atoms with Gasteiger partial charge in [-0.15, -0.1) is 0 Å². The van der Waals surface area contributed by atoms with Crippen LogP contribution in [0.25, 0.3) is 5.69 Å². The molecule has 3 rings (SSSR count). The van der Waals surface area contributed by atoms with Crippen molar-refractivity contribution in [2.24, 2.45) is 0 Å². The Morgan fingerprint density at radius 2 is 2.12 bits per heavy atom. The Labute approximate surface area is 140 Å². The third-order valence-corrected chi connectivity index (χ3v) is 3.95. The summed E-state index contributed by atoms with van der Waals surface area (Å²) in [5.74, 6) is -0.112. The van der Waals surface area contributed by atoms with Crippen LogP contribution in [0.2, 0.25) is 0 Å². The molecule has 7 heteroatoms. The lowest BCUT2D eigenvalue weighted by Gasteiger charge is -2.15. The van der Waals surface area contributed by atoms with E-state index in [9.17, 15) is 9.59 Å². The minimum atomic E-state index is -0.459. The molecular formula is C17H21N5O2. The molecule has 1 atom stereocenters. The lowest BCUT2D eigenvalue weighted by Crippen LogP contribution is -2.48. The SMILES string of the molecule is O=C(NCc1cnn(-c2ccccc2)c1)N[C@@H]1CCCCNC1=O. The predicted octanol–water partition coefficient (Wildman–Crippen LogP) is 1.34. The number of hydrogen-bond donors (Lipinski definition) is 3. The average molecular weight is 327 g/mol. The summed E-state index contributed by atoms with van der Waals surface area (Å²) >= 11 is 0. The van der Waals surface area contributed by atoms with Gasteiger partial charge in [0, 0.05) is 24.8 Å². The van der Waals surface area contributed by atoms with E-state index < -0.39 is 6.04 Å². The Morgan fingerprint density at radius 1 is 1.29 bits per heavy atom. The molecule has 1 aliphatic heterocycles. The van der Waals surface area contributed by atoms with E-state index in [1.807, 2.05) is 36.5 Å². The number of para-hydroxylation sites is 1. The highest BCUT2D eigenvalue weighted by molar-refractivity contribution is 5.87. The standard InChI is InChI=1S/C17H21N5O2/c23-16-15(8-4-5-9-18-16)21-17(24)19-10-13-11-20-22(12-13)14-6-2-1-3-7-14/h1-3,6-7,11-12,15H,4-5,8-10H2,(H,18,23)(H2,19,21,24)/t15-/m1/s1. The highest BCUT2D eigenvalue weighted by atomic mass is 16.2. The summed E-state index contributed by atoms with van der Waals surface area (Å²) in [6.45, 7) is 1.03. The Balaban J connectivity index is 1.51. The van der Waals surface area contributed by atoms with Gasteiger partial charge < -0.3 is 16.0 Å². The van der Waals surface area contributed by atoms with Crippen LogP contribution in [0.1, 0.15) is 24.8 Å². The molecule has 0 saturated carbocycles. The molecule has 3 amide bonds. The molecule has 1 saturated heterocycles. The van der Waals surface area contributed by atoms with E-state index in [0.717, 1.165) is 24.1 Å². The first-order chi connectivity index (χ1) is 11.7. The van der Waals surface area contributed by atoms with Gasteiger partial charge in [0.15, 0.2) is 0 Å². The molecule has 0 radical (unpaired) electrons. The third-order valence-electron chi connectivity index (χ3n) is 3.95. The average Bonchev–Trinajstić information content (AvgIpc) is 2.99. The maximum absolute atomic E-state index is 12.0. The van der Waals surface area contributed by atoms with Crippen molar-refractivity contribution in [3.63, 3.8) is 0 Å². The van der Waals surface area contributed by atoms with Crippen molar-refractivity contribution in [3.8, 4) is 5.69 Å². The van der Waals surface area contributed by atoms with E-state index in [1.165, 1.54) is 0 Å². The highest BCUT2D eigenvalue weighted by Crippen LogP contribution is 2.08. The first-order valence-electron chi connectivity index (χ1n) is 8.13. The van der Waals surface area contributed by atoms with Crippen molar-refractivity contribution in [1.82, 2.24) is 25.7 Å². The van der Waals surface area contributed by atoms with Gasteiger partial charge in [0.1, 0.15) is 6.04 Å². The van der Waals surface area contributed by atoms with Gasteiger partial charge in [0.05, 0.1) is 11.9 Å². The minimum absolute atomic E-state index is 0.112. The Hall–Kier alpha value is -2.83. The lowest BCUT2D eigenvalue weighted by molar-refractivity contribution is -0.122. The summed E-state index contributed by atoms with van der Waals surface area (Å²) in [6, 6.07) is 8.96. The second-order valence-electron chi connectivity index (χ2n) is 5.80. The molecule has 1 aliphatic rings. The van der Waals surface area contributed by atoms with Crippen LogP contribution in [0, 0.1) is 0 Å². The van der Waals surface area contributed by atoms with Gasteiger partial charge in [-0.2, -0.15) is 5.10 Å². The van der Waals surface area contributed by atoms with Crippen LogP contribution >= 0.6 is 0 Å². The molecule has 2 heterocycles. The first-order valence-corrected chi connectivity index (χ1v) is 8.13. The van der Waals surface area contributed by atoms with Crippen molar-refractivity contribution in [1.29, 1.82) is 0 Å².